The molecule has 1 nitrogen and oxygen atoms in total. The number of hydrogen-bond donors (Lipinski definition) is 1. The molecular weight excluding hydrogens is 253 g/mol. The fourth-order valence-electron chi connectivity index (χ4n) is 1.20. The van der Waals surface area contributed by atoms with Crippen LogP contribution in [0.2, 0.25) is 5.02 Å². The minimum absolute atomic E-state index is 0.183. The highest BCUT2D eigenvalue weighted by molar-refractivity contribution is 6.30. The molecule has 2 N–H and O–H groups in total. The van der Waals surface area contributed by atoms with Gasteiger partial charge in [-0.2, -0.15) is 13.2 Å². The first-order valence-corrected chi connectivity index (χ1v) is 4.51. The Bertz CT molecular complexity index is 377. The first-order valence-electron chi connectivity index (χ1n) is 4.14. The van der Waals surface area contributed by atoms with Gasteiger partial charge in [0.2, 0.25) is 0 Å². The molecule has 0 saturated carbocycles. The largest absolute Gasteiger partial charge is 0.416 e. The lowest BCUT2D eigenvalue weighted by Crippen LogP contribution is -2.23. The summed E-state index contributed by atoms with van der Waals surface area (Å²) >= 11 is 5.38. The average molecular weight is 260 g/mol. The molecule has 0 bridgehead atoms. The Balaban J connectivity index is 3.29. The SMILES string of the molecule is N[C@@H](c1ccc(Cl)cc1C(F)(F)F)C(F)F. The smallest absolute Gasteiger partial charge is 0.319 e. The van der Waals surface area contributed by atoms with E-state index in [2.05, 4.69) is 0 Å². The van der Waals surface area contributed by atoms with Gasteiger partial charge in [-0.25, -0.2) is 8.78 Å². The Morgan fingerprint density at radius 2 is 1.75 bits per heavy atom. The van der Waals surface area contributed by atoms with Gasteiger partial charge in [-0.05, 0) is 17.7 Å². The van der Waals surface area contributed by atoms with E-state index in [9.17, 15) is 22.0 Å². The zero-order valence-electron chi connectivity index (χ0n) is 7.73. The van der Waals surface area contributed by atoms with E-state index in [1.165, 1.54) is 0 Å². The molecule has 0 saturated heterocycles. The Labute approximate surface area is 93.0 Å². The lowest BCUT2D eigenvalue weighted by Gasteiger charge is -2.17. The highest BCUT2D eigenvalue weighted by Gasteiger charge is 2.36. The van der Waals surface area contributed by atoms with Gasteiger partial charge in [0.05, 0.1) is 11.6 Å². The van der Waals surface area contributed by atoms with Crippen molar-refractivity contribution in [2.24, 2.45) is 5.73 Å². The van der Waals surface area contributed by atoms with Crippen LogP contribution in [0.5, 0.6) is 0 Å². The maximum atomic E-state index is 12.5. The van der Waals surface area contributed by atoms with Crippen molar-refractivity contribution < 1.29 is 22.0 Å². The number of benzene rings is 1. The molecule has 0 aliphatic carbocycles. The van der Waals surface area contributed by atoms with E-state index in [4.69, 9.17) is 17.3 Å². The summed E-state index contributed by atoms with van der Waals surface area (Å²) in [5.41, 5.74) is 3.10. The molecule has 0 aliphatic rings. The molecule has 1 rings (SSSR count). The predicted molar refractivity (Wildman–Crippen MR) is 49.4 cm³/mol. The molecule has 0 spiro atoms. The van der Waals surface area contributed by atoms with Crippen molar-refractivity contribution in [3.8, 4) is 0 Å². The third-order valence-electron chi connectivity index (χ3n) is 1.95. The van der Waals surface area contributed by atoms with E-state index in [1.807, 2.05) is 0 Å². The summed E-state index contributed by atoms with van der Waals surface area (Å²) in [6, 6.07) is 0.559. The average Bonchev–Trinajstić information content (AvgIpc) is 2.15. The topological polar surface area (TPSA) is 26.0 Å². The van der Waals surface area contributed by atoms with E-state index in [0.717, 1.165) is 12.1 Å². The zero-order valence-corrected chi connectivity index (χ0v) is 8.49. The van der Waals surface area contributed by atoms with Gasteiger partial charge in [0.15, 0.2) is 0 Å². The molecule has 16 heavy (non-hydrogen) atoms. The molecule has 0 aromatic heterocycles. The Morgan fingerprint density at radius 1 is 1.19 bits per heavy atom. The van der Waals surface area contributed by atoms with Crippen LogP contribution in [0.1, 0.15) is 17.2 Å². The summed E-state index contributed by atoms with van der Waals surface area (Å²) in [5.74, 6) is 0. The van der Waals surface area contributed by atoms with Gasteiger partial charge in [-0.3, -0.25) is 0 Å². The molecule has 0 aliphatic heterocycles. The lowest BCUT2D eigenvalue weighted by molar-refractivity contribution is -0.138. The number of halogens is 6. The van der Waals surface area contributed by atoms with Crippen LogP contribution >= 0.6 is 11.6 Å². The summed E-state index contributed by atoms with van der Waals surface area (Å²) < 4.78 is 62.0. The predicted octanol–water partition coefficient (Wildman–Crippen LogP) is 3.62. The minimum Gasteiger partial charge on any atom is -0.319 e. The fraction of sp³-hybridized carbons (Fsp3) is 0.333. The highest BCUT2D eigenvalue weighted by atomic mass is 35.5. The fourth-order valence-corrected chi connectivity index (χ4v) is 1.37. The summed E-state index contributed by atoms with van der Waals surface area (Å²) in [4.78, 5) is 0. The van der Waals surface area contributed by atoms with Crippen LogP contribution in [0.3, 0.4) is 0 Å². The van der Waals surface area contributed by atoms with Crippen molar-refractivity contribution in [1.29, 1.82) is 0 Å². The lowest BCUT2D eigenvalue weighted by atomic mass is 10.0. The summed E-state index contributed by atoms with van der Waals surface area (Å²) in [6.07, 6.45) is -7.82. The monoisotopic (exact) mass is 259 g/mol. The van der Waals surface area contributed by atoms with E-state index in [0.29, 0.717) is 6.07 Å². The van der Waals surface area contributed by atoms with Gasteiger partial charge < -0.3 is 5.73 Å². The second kappa shape index (κ2) is 4.55. The van der Waals surface area contributed by atoms with Crippen molar-refractivity contribution in [2.45, 2.75) is 18.6 Å². The first kappa shape index (κ1) is 13.2. The van der Waals surface area contributed by atoms with Crippen molar-refractivity contribution in [2.75, 3.05) is 0 Å². The number of nitrogens with two attached hydrogens (primary N) is 1. The van der Waals surface area contributed by atoms with Crippen molar-refractivity contribution in [3.05, 3.63) is 34.3 Å². The molecule has 1 aromatic rings. The van der Waals surface area contributed by atoms with Crippen LogP contribution in [-0.2, 0) is 6.18 Å². The molecule has 0 fully saturated rings. The normalized spacial score (nSPS) is 14.2. The third-order valence-corrected chi connectivity index (χ3v) is 2.19. The van der Waals surface area contributed by atoms with Gasteiger partial charge in [0, 0.05) is 5.02 Å². The van der Waals surface area contributed by atoms with E-state index in [1.54, 1.807) is 0 Å². The van der Waals surface area contributed by atoms with Gasteiger partial charge in [-0.1, -0.05) is 17.7 Å². The first-order chi connectivity index (χ1) is 7.23. The molecule has 0 heterocycles. The van der Waals surface area contributed by atoms with Crippen LogP contribution in [0.25, 0.3) is 0 Å². The van der Waals surface area contributed by atoms with Gasteiger partial charge in [0.25, 0.3) is 6.43 Å². The quantitative estimate of drug-likeness (QED) is 0.807. The Kier molecular flexibility index (Phi) is 3.75. The molecule has 7 heteroatoms. The van der Waals surface area contributed by atoms with Crippen LogP contribution in [0, 0.1) is 0 Å². The second-order valence-electron chi connectivity index (χ2n) is 3.09. The number of hydrogen-bond acceptors (Lipinski definition) is 1. The third kappa shape index (κ3) is 2.82. The number of alkyl halides is 5. The standard InChI is InChI=1S/C9H7ClF5N/c10-4-1-2-5(7(16)8(11)12)6(3-4)9(13,14)15/h1-3,7-8H,16H2/t7-/m0/s1. The van der Waals surface area contributed by atoms with Crippen molar-refractivity contribution in [3.63, 3.8) is 0 Å². The molecular formula is C9H7ClF5N. The van der Waals surface area contributed by atoms with Crippen LogP contribution in [0.15, 0.2) is 18.2 Å². The molecule has 1 aromatic carbocycles. The van der Waals surface area contributed by atoms with Crippen LogP contribution in [-0.4, -0.2) is 6.43 Å². The molecule has 0 radical (unpaired) electrons. The van der Waals surface area contributed by atoms with E-state index in [-0.39, 0.29) is 5.02 Å². The molecule has 1 atom stereocenters. The summed E-state index contributed by atoms with van der Waals surface area (Å²) in [5, 5.41) is -0.183. The Hall–Kier alpha value is -0.880. The summed E-state index contributed by atoms with van der Waals surface area (Å²) in [6.45, 7) is 0. The van der Waals surface area contributed by atoms with Crippen molar-refractivity contribution >= 4 is 11.6 Å². The molecule has 90 valence electrons. The van der Waals surface area contributed by atoms with Gasteiger partial charge in [0.1, 0.15) is 0 Å². The van der Waals surface area contributed by atoms with E-state index < -0.39 is 29.8 Å². The number of rotatable bonds is 2. The second-order valence-corrected chi connectivity index (χ2v) is 3.53. The maximum Gasteiger partial charge on any atom is 0.416 e. The maximum absolute atomic E-state index is 12.5. The van der Waals surface area contributed by atoms with Crippen molar-refractivity contribution in [1.82, 2.24) is 0 Å². The molecule has 0 unspecified atom stereocenters. The molecule has 0 amide bonds. The van der Waals surface area contributed by atoms with Gasteiger partial charge in [-0.15, -0.1) is 0 Å². The van der Waals surface area contributed by atoms with E-state index >= 15 is 0 Å². The van der Waals surface area contributed by atoms with Crippen LogP contribution < -0.4 is 5.73 Å². The minimum atomic E-state index is -4.76. The summed E-state index contributed by atoms with van der Waals surface area (Å²) in [7, 11) is 0. The Morgan fingerprint density at radius 3 is 2.19 bits per heavy atom. The highest BCUT2D eigenvalue weighted by Crippen LogP contribution is 2.36. The zero-order chi connectivity index (χ0) is 12.5. The van der Waals surface area contributed by atoms with Crippen LogP contribution in [0.4, 0.5) is 22.0 Å². The van der Waals surface area contributed by atoms with Gasteiger partial charge >= 0.3 is 6.18 Å².